The van der Waals surface area contributed by atoms with E-state index in [9.17, 15) is 9.59 Å². The van der Waals surface area contributed by atoms with Gasteiger partial charge in [-0.3, -0.25) is 19.5 Å². The molecule has 0 radical (unpaired) electrons. The monoisotopic (exact) mass is 358 g/mol. The average molecular weight is 358 g/mol. The van der Waals surface area contributed by atoms with E-state index in [0.29, 0.717) is 19.0 Å². The molecule has 6 heteroatoms. The molecule has 1 aromatic rings. The van der Waals surface area contributed by atoms with Gasteiger partial charge in [0.25, 0.3) is 0 Å². The van der Waals surface area contributed by atoms with Crippen molar-refractivity contribution in [2.45, 2.75) is 51.6 Å². The van der Waals surface area contributed by atoms with Gasteiger partial charge in [0.1, 0.15) is 0 Å². The van der Waals surface area contributed by atoms with Gasteiger partial charge in [-0.2, -0.15) is 0 Å². The number of aromatic nitrogens is 1. The molecule has 2 saturated heterocycles. The van der Waals surface area contributed by atoms with Crippen molar-refractivity contribution in [3.63, 3.8) is 0 Å². The van der Waals surface area contributed by atoms with Crippen LogP contribution in [0.2, 0.25) is 0 Å². The summed E-state index contributed by atoms with van der Waals surface area (Å²) < 4.78 is 0. The summed E-state index contributed by atoms with van der Waals surface area (Å²) in [6, 6.07) is 4.37. The van der Waals surface area contributed by atoms with Gasteiger partial charge in [-0.1, -0.05) is 13.0 Å². The Kier molecular flexibility index (Phi) is 6.61. The van der Waals surface area contributed by atoms with Crippen molar-refractivity contribution >= 4 is 11.8 Å². The second-order valence-electron chi connectivity index (χ2n) is 7.38. The first kappa shape index (κ1) is 18.8. The lowest BCUT2D eigenvalue weighted by molar-refractivity contribution is -0.132. The van der Waals surface area contributed by atoms with Gasteiger partial charge in [-0.15, -0.1) is 0 Å². The topological polar surface area (TPSA) is 65.5 Å². The summed E-state index contributed by atoms with van der Waals surface area (Å²) >= 11 is 0. The Morgan fingerprint density at radius 1 is 1.23 bits per heavy atom. The number of hydrogen-bond donors (Lipinski definition) is 1. The Bertz CT molecular complexity index is 599. The van der Waals surface area contributed by atoms with Gasteiger partial charge in [0.05, 0.1) is 5.92 Å². The van der Waals surface area contributed by atoms with Crippen LogP contribution in [0, 0.1) is 5.92 Å². The first-order valence-electron chi connectivity index (χ1n) is 9.85. The smallest absolute Gasteiger partial charge is 0.224 e. The predicted octanol–water partition coefficient (Wildman–Crippen LogP) is 1.81. The van der Waals surface area contributed by atoms with E-state index in [4.69, 9.17) is 0 Å². The summed E-state index contributed by atoms with van der Waals surface area (Å²) in [5, 5.41) is 3.06. The molecule has 1 N–H and O–H groups in total. The van der Waals surface area contributed by atoms with E-state index in [1.54, 1.807) is 12.4 Å². The highest BCUT2D eigenvalue weighted by Gasteiger charge is 2.32. The SMILES string of the molecule is CCC(=O)N1CCC(N2CCCC(C(=O)NCc3cccnc3)C2)CC1. The second kappa shape index (κ2) is 9.12. The zero-order chi connectivity index (χ0) is 18.4. The third-order valence-electron chi connectivity index (χ3n) is 5.65. The molecule has 0 aromatic carbocycles. The first-order chi connectivity index (χ1) is 12.7. The lowest BCUT2D eigenvalue weighted by atomic mass is 9.93. The highest BCUT2D eigenvalue weighted by molar-refractivity contribution is 5.79. The maximum Gasteiger partial charge on any atom is 0.224 e. The number of rotatable bonds is 5. The molecule has 0 bridgehead atoms. The van der Waals surface area contributed by atoms with Crippen molar-refractivity contribution in [2.75, 3.05) is 26.2 Å². The summed E-state index contributed by atoms with van der Waals surface area (Å²) in [5.74, 6) is 0.475. The number of carbonyl (C=O) groups excluding carboxylic acids is 2. The lowest BCUT2D eigenvalue weighted by Crippen LogP contribution is -2.51. The van der Waals surface area contributed by atoms with Gasteiger partial charge >= 0.3 is 0 Å². The fourth-order valence-corrected chi connectivity index (χ4v) is 4.09. The van der Waals surface area contributed by atoms with E-state index in [1.165, 1.54) is 0 Å². The third kappa shape index (κ3) is 4.81. The van der Waals surface area contributed by atoms with E-state index in [2.05, 4.69) is 15.2 Å². The molecule has 1 aromatic heterocycles. The van der Waals surface area contributed by atoms with Crippen LogP contribution in [0.5, 0.6) is 0 Å². The molecule has 1 atom stereocenters. The molecule has 2 aliphatic heterocycles. The van der Waals surface area contributed by atoms with E-state index < -0.39 is 0 Å². The van der Waals surface area contributed by atoms with E-state index >= 15 is 0 Å². The zero-order valence-corrected chi connectivity index (χ0v) is 15.7. The Morgan fingerprint density at radius 3 is 2.73 bits per heavy atom. The largest absolute Gasteiger partial charge is 0.352 e. The van der Waals surface area contributed by atoms with Crippen LogP contribution in [-0.4, -0.2) is 58.8 Å². The summed E-state index contributed by atoms with van der Waals surface area (Å²) in [4.78, 5) is 33.0. The maximum atomic E-state index is 12.6. The van der Waals surface area contributed by atoms with Gasteiger partial charge in [-0.25, -0.2) is 0 Å². The van der Waals surface area contributed by atoms with Crippen molar-refractivity contribution in [1.82, 2.24) is 20.1 Å². The van der Waals surface area contributed by atoms with Crippen molar-refractivity contribution in [3.05, 3.63) is 30.1 Å². The molecule has 26 heavy (non-hydrogen) atoms. The van der Waals surface area contributed by atoms with Crippen LogP contribution in [0.15, 0.2) is 24.5 Å². The second-order valence-corrected chi connectivity index (χ2v) is 7.38. The van der Waals surface area contributed by atoms with Gasteiger partial charge in [-0.05, 0) is 43.9 Å². The maximum absolute atomic E-state index is 12.6. The van der Waals surface area contributed by atoms with Crippen molar-refractivity contribution < 1.29 is 9.59 Å². The highest BCUT2D eigenvalue weighted by atomic mass is 16.2. The standard InChI is InChI=1S/C20H30N4O2/c1-2-19(25)23-11-7-18(8-12-23)24-10-4-6-17(15-24)20(26)22-14-16-5-3-9-21-13-16/h3,5,9,13,17-18H,2,4,6-8,10-12,14-15H2,1H3,(H,22,26). The molecule has 0 saturated carbocycles. The van der Waals surface area contributed by atoms with Crippen LogP contribution >= 0.6 is 0 Å². The number of carbonyl (C=O) groups is 2. The van der Waals surface area contributed by atoms with Gasteiger partial charge in [0, 0.05) is 51.0 Å². The first-order valence-corrected chi connectivity index (χ1v) is 9.85. The average Bonchev–Trinajstić information content (AvgIpc) is 2.72. The Balaban J connectivity index is 1.46. The van der Waals surface area contributed by atoms with Gasteiger partial charge < -0.3 is 10.2 Å². The quantitative estimate of drug-likeness (QED) is 0.872. The van der Waals surface area contributed by atoms with E-state index in [1.807, 2.05) is 24.0 Å². The summed E-state index contributed by atoms with van der Waals surface area (Å²) in [6.07, 6.45) is 8.20. The normalized spacial score (nSPS) is 22.2. The van der Waals surface area contributed by atoms with Crippen molar-refractivity contribution in [3.8, 4) is 0 Å². The third-order valence-corrected chi connectivity index (χ3v) is 5.65. The summed E-state index contributed by atoms with van der Waals surface area (Å²) in [5.41, 5.74) is 1.03. The number of amides is 2. The van der Waals surface area contributed by atoms with Crippen LogP contribution in [0.4, 0.5) is 0 Å². The number of piperidine rings is 2. The van der Waals surface area contributed by atoms with Crippen molar-refractivity contribution in [2.24, 2.45) is 5.92 Å². The minimum Gasteiger partial charge on any atom is -0.352 e. The number of nitrogens with zero attached hydrogens (tertiary/aromatic N) is 3. The van der Waals surface area contributed by atoms with Crippen molar-refractivity contribution in [1.29, 1.82) is 0 Å². The molecule has 6 nitrogen and oxygen atoms in total. The number of likely N-dealkylation sites (tertiary alicyclic amines) is 2. The number of hydrogen-bond acceptors (Lipinski definition) is 4. The van der Waals surface area contributed by atoms with Gasteiger partial charge in [0.2, 0.25) is 11.8 Å². The molecule has 142 valence electrons. The molecule has 2 fully saturated rings. The summed E-state index contributed by atoms with van der Waals surface area (Å²) in [7, 11) is 0. The molecule has 0 aliphatic carbocycles. The molecular formula is C20H30N4O2. The van der Waals surface area contributed by atoms with E-state index in [0.717, 1.165) is 57.4 Å². The minimum absolute atomic E-state index is 0.0655. The molecule has 3 rings (SSSR count). The van der Waals surface area contributed by atoms with Crippen LogP contribution in [-0.2, 0) is 16.1 Å². The number of nitrogens with one attached hydrogen (secondary N) is 1. The number of pyridine rings is 1. The zero-order valence-electron chi connectivity index (χ0n) is 15.7. The van der Waals surface area contributed by atoms with Gasteiger partial charge in [0.15, 0.2) is 0 Å². The van der Waals surface area contributed by atoms with Crippen LogP contribution in [0.1, 0.15) is 44.6 Å². The molecule has 2 aliphatic rings. The highest BCUT2D eigenvalue weighted by Crippen LogP contribution is 2.24. The van der Waals surface area contributed by atoms with E-state index in [-0.39, 0.29) is 17.7 Å². The summed E-state index contributed by atoms with van der Waals surface area (Å²) in [6.45, 7) is 6.08. The Labute approximate surface area is 156 Å². The minimum atomic E-state index is 0.0655. The fourth-order valence-electron chi connectivity index (χ4n) is 4.09. The van der Waals surface area contributed by atoms with Crippen LogP contribution < -0.4 is 5.32 Å². The molecule has 1 unspecified atom stereocenters. The Hall–Kier alpha value is -1.95. The molecule has 3 heterocycles. The lowest BCUT2D eigenvalue weighted by Gasteiger charge is -2.42. The molecule has 2 amide bonds. The molecular weight excluding hydrogens is 328 g/mol. The van der Waals surface area contributed by atoms with Crippen LogP contribution in [0.3, 0.4) is 0 Å². The van der Waals surface area contributed by atoms with Crippen LogP contribution in [0.25, 0.3) is 0 Å². The predicted molar refractivity (Wildman–Crippen MR) is 100 cm³/mol. The fraction of sp³-hybridized carbons (Fsp3) is 0.650. The molecule has 0 spiro atoms. The Morgan fingerprint density at radius 2 is 2.04 bits per heavy atom.